The Hall–Kier alpha value is -2.38. The van der Waals surface area contributed by atoms with Gasteiger partial charge in [-0.15, -0.1) is 5.10 Å². The highest BCUT2D eigenvalue weighted by molar-refractivity contribution is 7.99. The minimum absolute atomic E-state index is 0.0511. The molecule has 0 aliphatic carbocycles. The first-order chi connectivity index (χ1) is 12.5. The Morgan fingerprint density at radius 3 is 2.88 bits per heavy atom. The second-order valence-electron chi connectivity index (χ2n) is 5.46. The summed E-state index contributed by atoms with van der Waals surface area (Å²) in [7, 11) is 0. The Balaban J connectivity index is 1.54. The van der Waals surface area contributed by atoms with Crippen molar-refractivity contribution in [2.24, 2.45) is 0 Å². The lowest BCUT2D eigenvalue weighted by atomic mass is 10.1. The number of hydrogen-bond acceptors (Lipinski definition) is 5. The van der Waals surface area contributed by atoms with Crippen LogP contribution in [-0.2, 0) is 6.61 Å². The number of rotatable bonds is 7. The molecule has 3 rings (SSSR count). The summed E-state index contributed by atoms with van der Waals surface area (Å²) in [6, 6.07) is 11.3. The molecule has 0 radical (unpaired) electrons. The Morgan fingerprint density at radius 1 is 1.31 bits per heavy atom. The number of nitrogens with zero attached hydrogens (tertiary/aromatic N) is 2. The number of halogens is 2. The number of ether oxygens (including phenoxy) is 1. The average Bonchev–Trinajstić information content (AvgIpc) is 3.09. The van der Waals surface area contributed by atoms with Crippen molar-refractivity contribution < 1.29 is 13.9 Å². The molecule has 0 saturated heterocycles. The highest BCUT2D eigenvalue weighted by atomic mass is 35.5. The minimum Gasteiger partial charge on any atom is -0.486 e. The van der Waals surface area contributed by atoms with Crippen LogP contribution in [0.2, 0.25) is 5.02 Å². The quantitative estimate of drug-likeness (QED) is 0.475. The molecule has 0 aliphatic rings. The third kappa shape index (κ3) is 4.62. The Kier molecular flexibility index (Phi) is 5.90. The van der Waals surface area contributed by atoms with Crippen LogP contribution in [0.5, 0.6) is 5.75 Å². The third-order valence-corrected chi connectivity index (χ3v) is 4.79. The fraction of sp³-hybridized carbons (Fsp3) is 0.167. The lowest BCUT2D eigenvalue weighted by Gasteiger charge is -2.05. The molecular formula is C18H15ClFN3O2S. The summed E-state index contributed by atoms with van der Waals surface area (Å²) in [4.78, 5) is 16.3. The lowest BCUT2D eigenvalue weighted by molar-refractivity contribution is 0.101. The van der Waals surface area contributed by atoms with Gasteiger partial charge >= 0.3 is 0 Å². The standard InChI is InChI=1S/C18H15ClFN3O2S/c1-11-8-12(6-7-14(11)19)25-9-17-21-18(23-22-17)26-10-16(24)13-4-2-3-5-15(13)20/h2-8H,9-10H2,1H3,(H,21,22,23). The van der Waals surface area contributed by atoms with Crippen molar-refractivity contribution in [2.75, 3.05) is 5.75 Å². The highest BCUT2D eigenvalue weighted by Crippen LogP contribution is 2.22. The van der Waals surface area contributed by atoms with E-state index < -0.39 is 5.82 Å². The molecule has 0 amide bonds. The van der Waals surface area contributed by atoms with Gasteiger partial charge < -0.3 is 4.74 Å². The van der Waals surface area contributed by atoms with E-state index in [0.29, 0.717) is 21.8 Å². The highest BCUT2D eigenvalue weighted by Gasteiger charge is 2.13. The van der Waals surface area contributed by atoms with Crippen molar-refractivity contribution in [3.8, 4) is 5.75 Å². The number of thioether (sulfide) groups is 1. The largest absolute Gasteiger partial charge is 0.486 e. The minimum atomic E-state index is -0.527. The molecule has 1 N–H and O–H groups in total. The van der Waals surface area contributed by atoms with Gasteiger partial charge in [-0.2, -0.15) is 0 Å². The van der Waals surface area contributed by atoms with Gasteiger partial charge in [0.25, 0.3) is 0 Å². The molecule has 26 heavy (non-hydrogen) atoms. The summed E-state index contributed by atoms with van der Waals surface area (Å²) in [5, 5.41) is 7.87. The molecule has 0 saturated carbocycles. The molecule has 0 fully saturated rings. The SMILES string of the molecule is Cc1cc(OCc2nc(SCC(=O)c3ccccc3F)n[nH]2)ccc1Cl. The predicted molar refractivity (Wildman–Crippen MR) is 98.4 cm³/mol. The molecule has 134 valence electrons. The molecule has 0 bridgehead atoms. The van der Waals surface area contributed by atoms with Gasteiger partial charge in [0, 0.05) is 5.02 Å². The molecule has 0 atom stereocenters. The zero-order valence-corrected chi connectivity index (χ0v) is 15.4. The normalized spacial score (nSPS) is 10.7. The number of nitrogens with one attached hydrogen (secondary N) is 1. The van der Waals surface area contributed by atoms with Crippen molar-refractivity contribution in [3.05, 3.63) is 70.3 Å². The summed E-state index contributed by atoms with van der Waals surface area (Å²) in [5.41, 5.74) is 0.988. The molecular weight excluding hydrogens is 377 g/mol. The van der Waals surface area contributed by atoms with Crippen molar-refractivity contribution >= 4 is 29.1 Å². The summed E-state index contributed by atoms with van der Waals surface area (Å²) < 4.78 is 19.2. The number of carbonyl (C=O) groups excluding carboxylic acids is 1. The van der Waals surface area contributed by atoms with Gasteiger partial charge in [0.1, 0.15) is 18.2 Å². The van der Waals surface area contributed by atoms with E-state index >= 15 is 0 Å². The van der Waals surface area contributed by atoms with Crippen LogP contribution in [0.4, 0.5) is 4.39 Å². The van der Waals surface area contributed by atoms with Crippen LogP contribution in [-0.4, -0.2) is 26.7 Å². The number of H-pyrrole nitrogens is 1. The molecule has 3 aromatic rings. The second kappa shape index (κ2) is 8.33. The maximum absolute atomic E-state index is 13.6. The van der Waals surface area contributed by atoms with Crippen LogP contribution in [0.3, 0.4) is 0 Å². The van der Waals surface area contributed by atoms with Gasteiger partial charge in [-0.3, -0.25) is 9.89 Å². The van der Waals surface area contributed by atoms with Crippen molar-refractivity contribution in [3.63, 3.8) is 0 Å². The molecule has 1 heterocycles. The number of Topliss-reactive ketones (excluding diaryl/α,β-unsaturated/α-hetero) is 1. The summed E-state index contributed by atoms with van der Waals surface area (Å²) in [6.45, 7) is 2.10. The zero-order chi connectivity index (χ0) is 18.5. The molecule has 1 aromatic heterocycles. The number of hydrogen-bond donors (Lipinski definition) is 1. The maximum atomic E-state index is 13.6. The summed E-state index contributed by atoms with van der Waals surface area (Å²) in [6.07, 6.45) is 0. The fourth-order valence-electron chi connectivity index (χ4n) is 2.16. The number of aromatic nitrogens is 3. The van der Waals surface area contributed by atoms with E-state index in [1.54, 1.807) is 24.3 Å². The number of carbonyl (C=O) groups is 1. The molecule has 0 unspecified atom stereocenters. The van der Waals surface area contributed by atoms with Gasteiger partial charge in [0.15, 0.2) is 11.6 Å². The third-order valence-electron chi connectivity index (χ3n) is 3.52. The van der Waals surface area contributed by atoms with Gasteiger partial charge in [-0.25, -0.2) is 9.37 Å². The van der Waals surface area contributed by atoms with Crippen LogP contribution in [0.15, 0.2) is 47.6 Å². The van der Waals surface area contributed by atoms with Crippen LogP contribution >= 0.6 is 23.4 Å². The van der Waals surface area contributed by atoms with Crippen LogP contribution in [0.25, 0.3) is 0 Å². The Morgan fingerprint density at radius 2 is 2.12 bits per heavy atom. The summed E-state index contributed by atoms with van der Waals surface area (Å²) >= 11 is 7.11. The van der Waals surface area contributed by atoms with Crippen LogP contribution < -0.4 is 4.74 Å². The number of benzene rings is 2. The first-order valence-corrected chi connectivity index (χ1v) is 9.10. The van der Waals surface area contributed by atoms with E-state index in [-0.39, 0.29) is 23.7 Å². The number of aryl methyl sites for hydroxylation is 1. The molecule has 0 aliphatic heterocycles. The van der Waals surface area contributed by atoms with Gasteiger partial charge in [0.2, 0.25) is 5.16 Å². The predicted octanol–water partition coefficient (Wildman–Crippen LogP) is 4.46. The second-order valence-corrected chi connectivity index (χ2v) is 6.81. The zero-order valence-electron chi connectivity index (χ0n) is 13.8. The Bertz CT molecular complexity index is 932. The fourth-order valence-corrected chi connectivity index (χ4v) is 2.98. The van der Waals surface area contributed by atoms with Gasteiger partial charge in [-0.05, 0) is 42.8 Å². The van der Waals surface area contributed by atoms with E-state index in [4.69, 9.17) is 16.3 Å². The van der Waals surface area contributed by atoms with Gasteiger partial charge in [0.05, 0.1) is 11.3 Å². The van der Waals surface area contributed by atoms with E-state index in [1.807, 2.05) is 13.0 Å². The molecule has 8 heteroatoms. The van der Waals surface area contributed by atoms with Crippen LogP contribution in [0, 0.1) is 12.7 Å². The topological polar surface area (TPSA) is 67.9 Å². The van der Waals surface area contributed by atoms with Crippen LogP contribution in [0.1, 0.15) is 21.7 Å². The summed E-state index contributed by atoms with van der Waals surface area (Å²) in [5.74, 6) is 0.411. The van der Waals surface area contributed by atoms with Crippen molar-refractivity contribution in [1.82, 2.24) is 15.2 Å². The van der Waals surface area contributed by atoms with Gasteiger partial charge in [-0.1, -0.05) is 35.5 Å². The number of aromatic amines is 1. The lowest BCUT2D eigenvalue weighted by Crippen LogP contribution is -2.05. The van der Waals surface area contributed by atoms with E-state index in [1.165, 1.54) is 12.1 Å². The molecule has 5 nitrogen and oxygen atoms in total. The Labute approximate surface area is 158 Å². The smallest absolute Gasteiger partial charge is 0.208 e. The van der Waals surface area contributed by atoms with E-state index in [0.717, 1.165) is 17.3 Å². The average molecular weight is 392 g/mol. The molecule has 0 spiro atoms. The monoisotopic (exact) mass is 391 g/mol. The maximum Gasteiger partial charge on any atom is 0.208 e. The van der Waals surface area contributed by atoms with E-state index in [9.17, 15) is 9.18 Å². The van der Waals surface area contributed by atoms with Crippen molar-refractivity contribution in [2.45, 2.75) is 18.7 Å². The van der Waals surface area contributed by atoms with E-state index in [2.05, 4.69) is 15.2 Å². The number of ketones is 1. The first-order valence-electron chi connectivity index (χ1n) is 7.73. The first kappa shape index (κ1) is 18.4. The van der Waals surface area contributed by atoms with Crippen molar-refractivity contribution in [1.29, 1.82) is 0 Å². The molecule has 2 aromatic carbocycles.